The molecule has 2 aliphatic heterocycles. The zero-order valence-corrected chi connectivity index (χ0v) is 15.5. The fourth-order valence-electron chi connectivity index (χ4n) is 3.45. The lowest BCUT2D eigenvalue weighted by molar-refractivity contribution is -0.141. The van der Waals surface area contributed by atoms with Crippen LogP contribution in [0.15, 0.2) is 12.4 Å². The molecule has 1 atom stereocenters. The number of rotatable bonds is 4. The standard InChI is InChI=1S/C17H24N6O4/c1-21(2)16-18-8-12(9-19-16)20-17(27)22-5-3-13(4-6-22)23-10-11(15(25)26)7-14(23)24/h8-9,11,13H,3-7,10H2,1-2H3,(H,20,27)(H,25,26). The fraction of sp³-hybridized carbons (Fsp3) is 0.588. The quantitative estimate of drug-likeness (QED) is 0.784. The zero-order valence-electron chi connectivity index (χ0n) is 15.5. The molecule has 1 aromatic heterocycles. The van der Waals surface area contributed by atoms with Crippen LogP contribution in [0.1, 0.15) is 19.3 Å². The van der Waals surface area contributed by atoms with E-state index < -0.39 is 11.9 Å². The van der Waals surface area contributed by atoms with Crippen LogP contribution in [0.2, 0.25) is 0 Å². The van der Waals surface area contributed by atoms with Gasteiger partial charge in [-0.05, 0) is 12.8 Å². The molecule has 2 N–H and O–H groups in total. The highest BCUT2D eigenvalue weighted by atomic mass is 16.4. The average molecular weight is 376 g/mol. The Balaban J connectivity index is 1.50. The van der Waals surface area contributed by atoms with E-state index in [0.29, 0.717) is 37.6 Å². The predicted molar refractivity (Wildman–Crippen MR) is 97.4 cm³/mol. The number of amides is 3. The summed E-state index contributed by atoms with van der Waals surface area (Å²) in [6.07, 6.45) is 4.46. The maximum atomic E-state index is 12.4. The van der Waals surface area contributed by atoms with E-state index in [1.165, 1.54) is 0 Å². The predicted octanol–water partition coefficient (Wildman–Crippen LogP) is 0.472. The van der Waals surface area contributed by atoms with Crippen LogP contribution >= 0.6 is 0 Å². The summed E-state index contributed by atoms with van der Waals surface area (Å²) in [6, 6.07) is -0.237. The average Bonchev–Trinajstić information content (AvgIpc) is 3.04. The topological polar surface area (TPSA) is 119 Å². The normalized spacial score (nSPS) is 20.7. The summed E-state index contributed by atoms with van der Waals surface area (Å²) < 4.78 is 0. The molecule has 146 valence electrons. The molecule has 2 saturated heterocycles. The van der Waals surface area contributed by atoms with Gasteiger partial charge in [0.2, 0.25) is 11.9 Å². The van der Waals surface area contributed by atoms with E-state index in [0.717, 1.165) is 0 Å². The van der Waals surface area contributed by atoms with Crippen molar-refractivity contribution in [3.8, 4) is 0 Å². The van der Waals surface area contributed by atoms with E-state index in [9.17, 15) is 14.4 Å². The monoisotopic (exact) mass is 376 g/mol. The van der Waals surface area contributed by atoms with Gasteiger partial charge in [0.25, 0.3) is 0 Å². The molecule has 3 heterocycles. The minimum Gasteiger partial charge on any atom is -0.481 e. The molecule has 10 nitrogen and oxygen atoms in total. The number of hydrogen-bond donors (Lipinski definition) is 2. The van der Waals surface area contributed by atoms with Gasteiger partial charge in [-0.2, -0.15) is 0 Å². The van der Waals surface area contributed by atoms with Crippen LogP contribution in [0.3, 0.4) is 0 Å². The van der Waals surface area contributed by atoms with Crippen LogP contribution in [0.4, 0.5) is 16.4 Å². The van der Waals surface area contributed by atoms with Crippen molar-refractivity contribution in [2.45, 2.75) is 25.3 Å². The van der Waals surface area contributed by atoms with Crippen molar-refractivity contribution >= 4 is 29.5 Å². The fourth-order valence-corrected chi connectivity index (χ4v) is 3.45. The maximum Gasteiger partial charge on any atom is 0.321 e. The molecule has 0 aromatic carbocycles. The number of urea groups is 1. The maximum absolute atomic E-state index is 12.4. The highest BCUT2D eigenvalue weighted by molar-refractivity contribution is 5.89. The van der Waals surface area contributed by atoms with E-state index in [-0.39, 0.29) is 30.9 Å². The number of nitrogens with one attached hydrogen (secondary N) is 1. The second-order valence-electron chi connectivity index (χ2n) is 7.10. The molecule has 0 radical (unpaired) electrons. The highest BCUT2D eigenvalue weighted by Gasteiger charge is 2.39. The van der Waals surface area contributed by atoms with Crippen molar-refractivity contribution < 1.29 is 19.5 Å². The van der Waals surface area contributed by atoms with Crippen LogP contribution < -0.4 is 10.2 Å². The zero-order chi connectivity index (χ0) is 19.6. The number of likely N-dealkylation sites (tertiary alicyclic amines) is 2. The Morgan fingerprint density at radius 1 is 1.22 bits per heavy atom. The summed E-state index contributed by atoms with van der Waals surface area (Å²) in [7, 11) is 3.67. The Kier molecular flexibility index (Phi) is 5.43. The first-order chi connectivity index (χ1) is 12.8. The number of carboxylic acid groups (broad SMARTS) is 1. The van der Waals surface area contributed by atoms with E-state index in [4.69, 9.17) is 5.11 Å². The van der Waals surface area contributed by atoms with Gasteiger partial charge in [-0.15, -0.1) is 0 Å². The minimum absolute atomic E-state index is 0.00592. The van der Waals surface area contributed by atoms with Gasteiger partial charge in [0, 0.05) is 46.2 Å². The van der Waals surface area contributed by atoms with Crippen LogP contribution in [-0.4, -0.2) is 82.6 Å². The molecule has 1 aromatic rings. The van der Waals surface area contributed by atoms with Gasteiger partial charge in [-0.3, -0.25) is 9.59 Å². The van der Waals surface area contributed by atoms with Gasteiger partial charge < -0.3 is 25.1 Å². The molecule has 27 heavy (non-hydrogen) atoms. The molecule has 0 saturated carbocycles. The Bertz CT molecular complexity index is 715. The summed E-state index contributed by atoms with van der Waals surface area (Å²) in [4.78, 5) is 49.0. The Hall–Kier alpha value is -2.91. The number of carbonyl (C=O) groups excluding carboxylic acids is 2. The molecule has 3 amide bonds. The Labute approximate surface area is 157 Å². The van der Waals surface area contributed by atoms with Crippen LogP contribution in [-0.2, 0) is 9.59 Å². The van der Waals surface area contributed by atoms with Gasteiger partial charge in [0.15, 0.2) is 0 Å². The smallest absolute Gasteiger partial charge is 0.321 e. The molecule has 10 heteroatoms. The Morgan fingerprint density at radius 3 is 2.37 bits per heavy atom. The van der Waals surface area contributed by atoms with E-state index in [1.54, 1.807) is 27.1 Å². The first kappa shape index (κ1) is 18.9. The SMILES string of the molecule is CN(C)c1ncc(NC(=O)N2CCC(N3CC(C(=O)O)CC3=O)CC2)cn1. The third-order valence-electron chi connectivity index (χ3n) is 4.99. The van der Waals surface area contributed by atoms with Gasteiger partial charge >= 0.3 is 12.0 Å². The number of nitrogens with zero attached hydrogens (tertiary/aromatic N) is 5. The molecule has 1 unspecified atom stereocenters. The molecule has 0 bridgehead atoms. The molecule has 2 aliphatic rings. The minimum atomic E-state index is -0.926. The van der Waals surface area contributed by atoms with Gasteiger partial charge in [-0.25, -0.2) is 14.8 Å². The van der Waals surface area contributed by atoms with Crippen molar-refractivity contribution in [3.05, 3.63) is 12.4 Å². The summed E-state index contributed by atoms with van der Waals surface area (Å²) in [5, 5.41) is 11.9. The first-order valence-corrected chi connectivity index (χ1v) is 8.92. The van der Waals surface area contributed by atoms with E-state index in [2.05, 4.69) is 15.3 Å². The number of piperidine rings is 1. The molecule has 3 rings (SSSR count). The van der Waals surface area contributed by atoms with Gasteiger partial charge in [-0.1, -0.05) is 0 Å². The second-order valence-corrected chi connectivity index (χ2v) is 7.10. The highest BCUT2D eigenvalue weighted by Crippen LogP contribution is 2.26. The number of anilines is 2. The largest absolute Gasteiger partial charge is 0.481 e. The van der Waals surface area contributed by atoms with Crippen molar-refractivity contribution in [1.29, 1.82) is 0 Å². The molecule has 2 fully saturated rings. The van der Waals surface area contributed by atoms with E-state index >= 15 is 0 Å². The molecule has 0 aliphatic carbocycles. The van der Waals surface area contributed by atoms with Gasteiger partial charge in [0.1, 0.15) is 0 Å². The number of carbonyl (C=O) groups is 3. The number of aliphatic carboxylic acids is 1. The van der Waals surface area contributed by atoms with Crippen LogP contribution in [0.5, 0.6) is 0 Å². The third-order valence-corrected chi connectivity index (χ3v) is 4.99. The summed E-state index contributed by atoms with van der Waals surface area (Å²) in [5.74, 6) is -1.10. The summed E-state index contributed by atoms with van der Waals surface area (Å²) in [6.45, 7) is 1.28. The third kappa shape index (κ3) is 4.26. The number of carboxylic acids is 1. The lowest BCUT2D eigenvalue weighted by Gasteiger charge is -2.36. The van der Waals surface area contributed by atoms with Crippen molar-refractivity contribution in [1.82, 2.24) is 19.8 Å². The number of aromatic nitrogens is 2. The lowest BCUT2D eigenvalue weighted by atomic mass is 10.0. The molecular weight excluding hydrogens is 352 g/mol. The van der Waals surface area contributed by atoms with Crippen molar-refractivity contribution in [3.63, 3.8) is 0 Å². The molecular formula is C17H24N6O4. The Morgan fingerprint density at radius 2 is 1.85 bits per heavy atom. The summed E-state index contributed by atoms with van der Waals surface area (Å²) >= 11 is 0. The van der Waals surface area contributed by atoms with Gasteiger partial charge in [0.05, 0.1) is 24.0 Å². The summed E-state index contributed by atoms with van der Waals surface area (Å²) in [5.41, 5.74) is 0.520. The lowest BCUT2D eigenvalue weighted by Crippen LogP contribution is -2.48. The van der Waals surface area contributed by atoms with Crippen LogP contribution in [0.25, 0.3) is 0 Å². The number of hydrogen-bond acceptors (Lipinski definition) is 6. The van der Waals surface area contributed by atoms with Crippen molar-refractivity contribution in [2.75, 3.05) is 43.9 Å². The first-order valence-electron chi connectivity index (χ1n) is 8.92. The molecule has 0 spiro atoms. The van der Waals surface area contributed by atoms with E-state index in [1.807, 2.05) is 14.1 Å². The second kappa shape index (κ2) is 7.77. The van der Waals surface area contributed by atoms with Crippen LogP contribution in [0, 0.1) is 5.92 Å². The van der Waals surface area contributed by atoms with Crippen molar-refractivity contribution in [2.24, 2.45) is 5.92 Å².